The molecular formula is C28H18BrF4N3O2. The molecule has 0 fully saturated rings. The largest absolute Gasteiger partial charge is 0.416 e. The third-order valence-electron chi connectivity index (χ3n) is 6.92. The van der Waals surface area contributed by atoms with Gasteiger partial charge in [-0.15, -0.1) is 0 Å². The normalized spacial score (nSPS) is 16.4. The Morgan fingerprint density at radius 2 is 1.82 bits per heavy atom. The number of hydrogen-bond donors (Lipinski definition) is 2. The minimum atomic E-state index is -4.82. The van der Waals surface area contributed by atoms with E-state index in [-0.39, 0.29) is 6.03 Å². The van der Waals surface area contributed by atoms with Crippen molar-refractivity contribution in [3.8, 4) is 0 Å². The van der Waals surface area contributed by atoms with E-state index < -0.39 is 35.1 Å². The molecule has 0 bridgehead atoms. The van der Waals surface area contributed by atoms with Crippen molar-refractivity contribution >= 4 is 50.0 Å². The zero-order valence-electron chi connectivity index (χ0n) is 19.5. The Hall–Kier alpha value is -3.92. The number of benzene rings is 4. The summed E-state index contributed by atoms with van der Waals surface area (Å²) in [7, 11) is 0. The number of amides is 3. The van der Waals surface area contributed by atoms with Crippen LogP contribution in [0.2, 0.25) is 0 Å². The topological polar surface area (TPSA) is 61.4 Å². The second-order valence-electron chi connectivity index (χ2n) is 9.18. The smallest absolute Gasteiger partial charge is 0.327 e. The summed E-state index contributed by atoms with van der Waals surface area (Å²) >= 11 is 3.53. The number of fused-ring (bicyclic) bond motifs is 1. The van der Waals surface area contributed by atoms with Crippen molar-refractivity contribution in [3.05, 3.63) is 105 Å². The molecule has 0 radical (unpaired) electrons. The molecule has 2 N–H and O–H groups in total. The molecule has 0 spiro atoms. The van der Waals surface area contributed by atoms with Gasteiger partial charge in [-0.3, -0.25) is 9.69 Å². The highest BCUT2D eigenvalue weighted by atomic mass is 79.9. The summed E-state index contributed by atoms with van der Waals surface area (Å²) in [6.07, 6.45) is -4.23. The zero-order valence-corrected chi connectivity index (χ0v) is 21.1. The average Bonchev–Trinajstić information content (AvgIpc) is 3.33. The number of nitrogens with zero attached hydrogens (tertiary/aromatic N) is 1. The number of halogens is 5. The molecule has 0 aromatic heterocycles. The maximum absolute atomic E-state index is 14.0. The summed E-state index contributed by atoms with van der Waals surface area (Å²) in [5.41, 5.74) is 1.51. The highest BCUT2D eigenvalue weighted by molar-refractivity contribution is 9.10. The first kappa shape index (κ1) is 24.4. The number of carbonyl (C=O) groups is 2. The molecule has 0 saturated carbocycles. The minimum absolute atomic E-state index is 0.287. The van der Waals surface area contributed by atoms with Gasteiger partial charge in [0.2, 0.25) is 0 Å². The third kappa shape index (κ3) is 3.99. The molecule has 2 heterocycles. The molecule has 0 aliphatic carbocycles. The molecule has 6 rings (SSSR count). The van der Waals surface area contributed by atoms with Crippen LogP contribution >= 0.6 is 15.9 Å². The molecule has 1 atom stereocenters. The van der Waals surface area contributed by atoms with Gasteiger partial charge in [0, 0.05) is 27.8 Å². The molecule has 4 aromatic carbocycles. The van der Waals surface area contributed by atoms with Gasteiger partial charge in [-0.1, -0.05) is 58.4 Å². The Bertz CT molecular complexity index is 1650. The highest BCUT2D eigenvalue weighted by Crippen LogP contribution is 2.48. The molecule has 5 nitrogen and oxygen atoms in total. The molecular weight excluding hydrogens is 566 g/mol. The van der Waals surface area contributed by atoms with E-state index in [1.54, 1.807) is 11.0 Å². The van der Waals surface area contributed by atoms with Gasteiger partial charge >= 0.3 is 12.2 Å². The SMILES string of the molecule is O=C(Nc1cc(Br)c2c3c1C(c1cccc4ccccc14)NC(=O)N3CC2)c1cc(F)cc(C(F)(F)F)c1. The first-order valence-corrected chi connectivity index (χ1v) is 12.5. The van der Waals surface area contributed by atoms with Gasteiger partial charge in [0.15, 0.2) is 0 Å². The van der Waals surface area contributed by atoms with Crippen molar-refractivity contribution in [2.45, 2.75) is 18.6 Å². The van der Waals surface area contributed by atoms with E-state index in [0.29, 0.717) is 46.5 Å². The number of nitrogens with one attached hydrogen (secondary N) is 2. The number of hydrogen-bond acceptors (Lipinski definition) is 2. The Labute approximate surface area is 222 Å². The molecule has 38 heavy (non-hydrogen) atoms. The molecule has 4 aromatic rings. The van der Waals surface area contributed by atoms with Crippen LogP contribution in [0.25, 0.3) is 10.8 Å². The quantitative estimate of drug-likeness (QED) is 0.251. The predicted octanol–water partition coefficient (Wildman–Crippen LogP) is 7.19. The zero-order chi connectivity index (χ0) is 26.8. The van der Waals surface area contributed by atoms with E-state index in [2.05, 4.69) is 26.6 Å². The van der Waals surface area contributed by atoms with E-state index in [9.17, 15) is 27.2 Å². The number of alkyl halides is 3. The summed E-state index contributed by atoms with van der Waals surface area (Å²) in [5.74, 6) is -2.08. The van der Waals surface area contributed by atoms with Crippen LogP contribution < -0.4 is 15.5 Å². The van der Waals surface area contributed by atoms with Crippen LogP contribution in [0, 0.1) is 5.82 Å². The average molecular weight is 584 g/mol. The minimum Gasteiger partial charge on any atom is -0.327 e. The van der Waals surface area contributed by atoms with Gasteiger partial charge in [0.25, 0.3) is 5.91 Å². The van der Waals surface area contributed by atoms with E-state index in [1.165, 1.54) is 0 Å². The second-order valence-corrected chi connectivity index (χ2v) is 10.0. The highest BCUT2D eigenvalue weighted by Gasteiger charge is 2.40. The predicted molar refractivity (Wildman–Crippen MR) is 139 cm³/mol. The molecule has 192 valence electrons. The van der Waals surface area contributed by atoms with Crippen LogP contribution in [0.15, 0.2) is 71.2 Å². The maximum atomic E-state index is 14.0. The lowest BCUT2D eigenvalue weighted by atomic mass is 9.89. The number of anilines is 2. The Balaban J connectivity index is 1.51. The number of rotatable bonds is 3. The van der Waals surface area contributed by atoms with Crippen LogP contribution in [0.1, 0.15) is 38.7 Å². The van der Waals surface area contributed by atoms with E-state index >= 15 is 0 Å². The Morgan fingerprint density at radius 3 is 2.61 bits per heavy atom. The van der Waals surface area contributed by atoms with Crippen LogP contribution in [0.4, 0.5) is 33.7 Å². The van der Waals surface area contributed by atoms with Crippen LogP contribution in [0.5, 0.6) is 0 Å². The lowest BCUT2D eigenvalue weighted by Crippen LogP contribution is -2.46. The third-order valence-corrected chi connectivity index (χ3v) is 7.62. The molecule has 0 saturated heterocycles. The van der Waals surface area contributed by atoms with E-state index in [4.69, 9.17) is 0 Å². The molecule has 3 amide bonds. The van der Waals surface area contributed by atoms with Crippen molar-refractivity contribution in [1.82, 2.24) is 5.32 Å². The summed E-state index contributed by atoms with van der Waals surface area (Å²) in [5, 5.41) is 7.59. The molecule has 10 heteroatoms. The van der Waals surface area contributed by atoms with Crippen LogP contribution in [0.3, 0.4) is 0 Å². The van der Waals surface area contributed by atoms with Crippen LogP contribution in [-0.2, 0) is 12.6 Å². The van der Waals surface area contributed by atoms with Crippen molar-refractivity contribution in [2.24, 2.45) is 0 Å². The van der Waals surface area contributed by atoms with Gasteiger partial charge in [0.1, 0.15) is 5.82 Å². The summed E-state index contributed by atoms with van der Waals surface area (Å²) in [6, 6.07) is 15.8. The molecule has 2 aliphatic rings. The van der Waals surface area contributed by atoms with Crippen molar-refractivity contribution in [2.75, 3.05) is 16.8 Å². The Kier molecular flexibility index (Phi) is 5.68. The lowest BCUT2D eigenvalue weighted by molar-refractivity contribution is -0.137. The van der Waals surface area contributed by atoms with E-state index in [1.807, 2.05) is 42.5 Å². The maximum Gasteiger partial charge on any atom is 0.416 e. The summed E-state index contributed by atoms with van der Waals surface area (Å²) in [6.45, 7) is 0.436. The summed E-state index contributed by atoms with van der Waals surface area (Å²) < 4.78 is 54.5. The number of urea groups is 1. The first-order valence-electron chi connectivity index (χ1n) is 11.7. The molecule has 2 aliphatic heterocycles. The van der Waals surface area contributed by atoms with Gasteiger partial charge in [-0.25, -0.2) is 9.18 Å². The van der Waals surface area contributed by atoms with Gasteiger partial charge < -0.3 is 10.6 Å². The van der Waals surface area contributed by atoms with Gasteiger partial charge in [-0.05, 0) is 52.6 Å². The fourth-order valence-electron chi connectivity index (χ4n) is 5.26. The first-order chi connectivity index (χ1) is 18.1. The lowest BCUT2D eigenvalue weighted by Gasteiger charge is -2.35. The summed E-state index contributed by atoms with van der Waals surface area (Å²) in [4.78, 5) is 27.9. The van der Waals surface area contributed by atoms with Gasteiger partial charge in [0.05, 0.1) is 17.3 Å². The van der Waals surface area contributed by atoms with Crippen LogP contribution in [-0.4, -0.2) is 18.5 Å². The second kappa shape index (κ2) is 8.83. The fourth-order valence-corrected chi connectivity index (χ4v) is 5.88. The standard InChI is InChI=1S/C28H18BrF4N3O2/c29-21-13-22(34-26(37)15-10-16(28(31,32)33)12-17(30)11-15)23-24(35-27(38)36-9-8-20(21)25(23)36)19-7-3-5-14-4-1-2-6-18(14)19/h1-7,10-13,24H,8-9H2,(H,34,37)(H,35,38). The van der Waals surface area contributed by atoms with Gasteiger partial charge in [-0.2, -0.15) is 13.2 Å². The Morgan fingerprint density at radius 1 is 1.05 bits per heavy atom. The number of carbonyl (C=O) groups excluding carboxylic acids is 2. The van der Waals surface area contributed by atoms with E-state index in [0.717, 1.165) is 28.0 Å². The van der Waals surface area contributed by atoms with Crippen molar-refractivity contribution in [3.63, 3.8) is 0 Å². The monoisotopic (exact) mass is 583 g/mol. The van der Waals surface area contributed by atoms with Crippen molar-refractivity contribution in [1.29, 1.82) is 0 Å². The fraction of sp³-hybridized carbons (Fsp3) is 0.143. The molecule has 1 unspecified atom stereocenters. The van der Waals surface area contributed by atoms with Crippen molar-refractivity contribution < 1.29 is 27.2 Å².